The molecule has 4 N–H and O–H groups in total. The number of amides is 2. The number of hydrogen-bond acceptors (Lipinski definition) is 6. The number of aliphatic carboxylic acids is 1. The van der Waals surface area contributed by atoms with Crippen molar-refractivity contribution in [2.24, 2.45) is 0 Å². The zero-order chi connectivity index (χ0) is 30.3. The minimum absolute atomic E-state index is 0.00666. The molecule has 1 aliphatic rings. The van der Waals surface area contributed by atoms with Gasteiger partial charge in [-0.15, -0.1) is 0 Å². The molecule has 13 heteroatoms. The molecule has 0 atom stereocenters. The molecule has 2 aromatic rings. The summed E-state index contributed by atoms with van der Waals surface area (Å²) >= 11 is 0. The van der Waals surface area contributed by atoms with Crippen LogP contribution in [0.1, 0.15) is 47.1 Å². The minimum atomic E-state index is -5.08. The molecule has 1 fully saturated rings. The number of hydrogen-bond donors (Lipinski definition) is 4. The largest absolute Gasteiger partial charge is 0.490 e. The molecule has 1 saturated heterocycles. The van der Waals surface area contributed by atoms with Gasteiger partial charge >= 0.3 is 18.1 Å². The highest BCUT2D eigenvalue weighted by Crippen LogP contribution is 2.29. The van der Waals surface area contributed by atoms with E-state index in [4.69, 9.17) is 9.90 Å². The fourth-order valence-electron chi connectivity index (χ4n) is 3.75. The Morgan fingerprint density at radius 1 is 0.875 bits per heavy atom. The highest BCUT2D eigenvalue weighted by atomic mass is 19.4. The van der Waals surface area contributed by atoms with Gasteiger partial charge in [0.15, 0.2) is 0 Å². The molecule has 0 aliphatic carbocycles. The third-order valence-corrected chi connectivity index (χ3v) is 5.64. The summed E-state index contributed by atoms with van der Waals surface area (Å²) in [4.78, 5) is 49.6. The molecule has 10 nitrogen and oxygen atoms in total. The predicted molar refractivity (Wildman–Crippen MR) is 143 cm³/mol. The fraction of sp³-hybridized carbons (Fsp3) is 0.407. The van der Waals surface area contributed by atoms with Crippen molar-refractivity contribution < 1.29 is 42.6 Å². The summed E-state index contributed by atoms with van der Waals surface area (Å²) in [5.74, 6) is -4.11. The van der Waals surface area contributed by atoms with Crippen LogP contribution in [0.25, 0.3) is 0 Å². The van der Waals surface area contributed by atoms with Gasteiger partial charge < -0.3 is 25.7 Å². The molecule has 2 amide bonds. The van der Waals surface area contributed by atoms with Gasteiger partial charge in [0.1, 0.15) is 0 Å². The minimum Gasteiger partial charge on any atom is -0.478 e. The van der Waals surface area contributed by atoms with Gasteiger partial charge in [0, 0.05) is 37.3 Å². The molecule has 3 rings (SSSR count). The van der Waals surface area contributed by atoms with Gasteiger partial charge in [0.2, 0.25) is 5.91 Å². The lowest BCUT2D eigenvalue weighted by Crippen LogP contribution is -2.51. The Morgan fingerprint density at radius 2 is 1.40 bits per heavy atom. The van der Waals surface area contributed by atoms with Gasteiger partial charge in [-0.3, -0.25) is 14.5 Å². The monoisotopic (exact) mass is 566 g/mol. The maximum Gasteiger partial charge on any atom is 0.490 e. The number of anilines is 2. The standard InChI is InChI=1S/C25H32N4O4.C2HF3O2/c1-17-5-7-18(8-6-17)23(31)26-20-15-19(24(32)33)9-10-21(20)29-13-11-28(12-14-29)16-22(30)27-25(2,3)4;3-2(4,5)1(6)7/h5-10,15H,11-14,16H2,1-4H3,(H,26,31)(H,27,30)(H,32,33);(H,6,7). The van der Waals surface area contributed by atoms with Crippen LogP contribution in [0.4, 0.5) is 24.5 Å². The third kappa shape index (κ3) is 10.2. The van der Waals surface area contributed by atoms with Crippen LogP contribution in [0, 0.1) is 6.92 Å². The molecule has 0 aromatic heterocycles. The van der Waals surface area contributed by atoms with E-state index in [1.165, 1.54) is 6.07 Å². The van der Waals surface area contributed by atoms with Gasteiger partial charge in [-0.2, -0.15) is 13.2 Å². The molecular formula is C27H33F3N4O6. The van der Waals surface area contributed by atoms with Crippen LogP contribution in [0.2, 0.25) is 0 Å². The SMILES string of the molecule is Cc1ccc(C(=O)Nc2cc(C(=O)O)ccc2N2CCN(CC(=O)NC(C)(C)C)CC2)cc1.O=C(O)C(F)(F)F. The van der Waals surface area contributed by atoms with Crippen molar-refractivity contribution in [1.82, 2.24) is 10.2 Å². The van der Waals surface area contributed by atoms with Crippen molar-refractivity contribution in [2.75, 3.05) is 42.9 Å². The van der Waals surface area contributed by atoms with Gasteiger partial charge in [-0.05, 0) is 58.0 Å². The van der Waals surface area contributed by atoms with Crippen molar-refractivity contribution >= 4 is 35.1 Å². The number of carbonyl (C=O) groups is 4. The second-order valence-electron chi connectivity index (χ2n) is 10.2. The number of aryl methyl sites for hydroxylation is 1. The molecule has 40 heavy (non-hydrogen) atoms. The number of rotatable bonds is 6. The number of nitrogens with zero attached hydrogens (tertiary/aromatic N) is 2. The van der Waals surface area contributed by atoms with Crippen LogP contribution in [0.3, 0.4) is 0 Å². The average Bonchev–Trinajstić information content (AvgIpc) is 2.83. The summed E-state index contributed by atoms with van der Waals surface area (Å²) in [7, 11) is 0. The lowest BCUT2D eigenvalue weighted by Gasteiger charge is -2.37. The van der Waals surface area contributed by atoms with Crippen molar-refractivity contribution in [1.29, 1.82) is 0 Å². The zero-order valence-corrected chi connectivity index (χ0v) is 22.6. The first-order valence-corrected chi connectivity index (χ1v) is 12.3. The molecular weight excluding hydrogens is 533 g/mol. The topological polar surface area (TPSA) is 139 Å². The van der Waals surface area contributed by atoms with Crippen molar-refractivity contribution in [3.63, 3.8) is 0 Å². The van der Waals surface area contributed by atoms with Crippen LogP contribution >= 0.6 is 0 Å². The Bertz CT molecular complexity index is 1220. The molecule has 0 radical (unpaired) electrons. The normalized spacial score (nSPS) is 14.0. The molecule has 1 aliphatic heterocycles. The van der Waals surface area contributed by atoms with E-state index in [2.05, 4.69) is 20.4 Å². The van der Waals surface area contributed by atoms with Crippen molar-refractivity contribution in [2.45, 2.75) is 39.4 Å². The number of carbonyl (C=O) groups excluding carboxylic acids is 2. The maximum absolute atomic E-state index is 12.8. The van der Waals surface area contributed by atoms with E-state index in [0.29, 0.717) is 44.0 Å². The quantitative estimate of drug-likeness (QED) is 0.416. The van der Waals surface area contributed by atoms with Crippen LogP contribution in [0.5, 0.6) is 0 Å². The number of aromatic carboxylic acids is 1. The third-order valence-electron chi connectivity index (χ3n) is 5.64. The first kappa shape index (κ1) is 32.1. The van der Waals surface area contributed by atoms with Crippen LogP contribution in [0.15, 0.2) is 42.5 Å². The molecule has 218 valence electrons. The molecule has 0 saturated carbocycles. The van der Waals surface area contributed by atoms with Gasteiger partial charge in [0.05, 0.1) is 23.5 Å². The second-order valence-corrected chi connectivity index (χ2v) is 10.2. The Labute approximate surface area is 229 Å². The van der Waals surface area contributed by atoms with Crippen molar-refractivity contribution in [3.8, 4) is 0 Å². The average molecular weight is 567 g/mol. The van der Waals surface area contributed by atoms with Crippen LogP contribution in [-0.4, -0.2) is 83.3 Å². The molecule has 1 heterocycles. The van der Waals surface area contributed by atoms with E-state index in [-0.39, 0.29) is 22.9 Å². The Kier molecular flexibility index (Phi) is 10.7. The second kappa shape index (κ2) is 13.3. The predicted octanol–water partition coefficient (Wildman–Crippen LogP) is 3.62. The molecule has 0 unspecified atom stereocenters. The van der Waals surface area contributed by atoms with Crippen molar-refractivity contribution in [3.05, 3.63) is 59.2 Å². The first-order valence-electron chi connectivity index (χ1n) is 12.3. The van der Waals surface area contributed by atoms with E-state index in [1.54, 1.807) is 24.3 Å². The lowest BCUT2D eigenvalue weighted by molar-refractivity contribution is -0.192. The number of alkyl halides is 3. The molecule has 2 aromatic carbocycles. The summed E-state index contributed by atoms with van der Waals surface area (Å²) in [6.07, 6.45) is -5.08. The molecule has 0 spiro atoms. The number of carboxylic acid groups (broad SMARTS) is 2. The summed E-state index contributed by atoms with van der Waals surface area (Å²) in [6, 6.07) is 12.0. The zero-order valence-electron chi connectivity index (χ0n) is 22.6. The Hall–Kier alpha value is -4.13. The highest BCUT2D eigenvalue weighted by Gasteiger charge is 2.38. The van der Waals surface area contributed by atoms with Gasteiger partial charge in [-0.25, -0.2) is 9.59 Å². The first-order chi connectivity index (χ1) is 18.5. The lowest BCUT2D eigenvalue weighted by atomic mass is 10.1. The summed E-state index contributed by atoms with van der Waals surface area (Å²) in [6.45, 7) is 10.8. The fourth-order valence-corrected chi connectivity index (χ4v) is 3.75. The van der Waals surface area contributed by atoms with E-state index in [0.717, 1.165) is 11.3 Å². The van der Waals surface area contributed by atoms with Crippen LogP contribution in [-0.2, 0) is 9.59 Å². The summed E-state index contributed by atoms with van der Waals surface area (Å²) in [5.41, 5.74) is 2.61. The van der Waals surface area contributed by atoms with E-state index >= 15 is 0 Å². The molecule has 0 bridgehead atoms. The summed E-state index contributed by atoms with van der Waals surface area (Å²) < 4.78 is 31.7. The smallest absolute Gasteiger partial charge is 0.478 e. The Morgan fingerprint density at radius 3 is 1.88 bits per heavy atom. The summed E-state index contributed by atoms with van der Waals surface area (Å²) in [5, 5.41) is 22.4. The van der Waals surface area contributed by atoms with E-state index in [9.17, 15) is 32.7 Å². The van der Waals surface area contributed by atoms with Crippen LogP contribution < -0.4 is 15.5 Å². The maximum atomic E-state index is 12.8. The number of piperazine rings is 1. The number of benzene rings is 2. The van der Waals surface area contributed by atoms with E-state index < -0.39 is 18.1 Å². The highest BCUT2D eigenvalue weighted by molar-refractivity contribution is 6.06. The number of nitrogens with one attached hydrogen (secondary N) is 2. The van der Waals surface area contributed by atoms with E-state index in [1.807, 2.05) is 39.8 Å². The van der Waals surface area contributed by atoms with Gasteiger partial charge in [0.25, 0.3) is 5.91 Å². The number of halogens is 3. The number of carboxylic acids is 2. The van der Waals surface area contributed by atoms with Gasteiger partial charge in [-0.1, -0.05) is 17.7 Å². The Balaban J connectivity index is 0.000000708.